The predicted octanol–water partition coefficient (Wildman–Crippen LogP) is 5.95. The van der Waals surface area contributed by atoms with E-state index in [-0.39, 0.29) is 44.4 Å². The van der Waals surface area contributed by atoms with E-state index in [1.807, 2.05) is 6.92 Å². The maximum atomic E-state index is 13.5. The second-order valence-electron chi connectivity index (χ2n) is 8.09. The van der Waals surface area contributed by atoms with Crippen LogP contribution in [0.3, 0.4) is 0 Å². The fourth-order valence-electron chi connectivity index (χ4n) is 3.88. The Kier molecular flexibility index (Phi) is 6.30. The number of carbonyl (C=O) groups is 2. The number of primary amides is 1. The number of amides is 2. The van der Waals surface area contributed by atoms with E-state index in [2.05, 4.69) is 15.4 Å². The topological polar surface area (TPSA) is 129 Å². The van der Waals surface area contributed by atoms with Crippen LogP contribution in [0.5, 0.6) is 0 Å². The minimum Gasteiger partial charge on any atom is -0.464 e. The van der Waals surface area contributed by atoms with Gasteiger partial charge in [-0.3, -0.25) is 14.3 Å². The Morgan fingerprint density at radius 3 is 2.68 bits per heavy atom. The summed E-state index contributed by atoms with van der Waals surface area (Å²) >= 11 is 6.99. The summed E-state index contributed by atoms with van der Waals surface area (Å²) in [5.74, 6) is -0.888. The molecule has 0 saturated heterocycles. The highest BCUT2D eigenvalue weighted by molar-refractivity contribution is 7.21. The number of fused-ring (bicyclic) bond motifs is 1. The summed E-state index contributed by atoms with van der Waals surface area (Å²) in [6, 6.07) is 7.40. The van der Waals surface area contributed by atoms with E-state index in [0.29, 0.717) is 16.5 Å². The van der Waals surface area contributed by atoms with Crippen molar-refractivity contribution < 1.29 is 27.2 Å². The van der Waals surface area contributed by atoms with Crippen molar-refractivity contribution in [1.29, 1.82) is 0 Å². The number of carbonyl (C=O) groups excluding carboxylic acids is 2. The monoisotopic (exact) mass is 545 g/mol. The zero-order valence-electron chi connectivity index (χ0n) is 19.3. The number of alkyl halides is 2. The molecule has 37 heavy (non-hydrogen) atoms. The van der Waals surface area contributed by atoms with Crippen LogP contribution in [0.1, 0.15) is 49.5 Å². The molecule has 2 amide bonds. The lowest BCUT2D eigenvalue weighted by molar-refractivity contribution is 0.0994. The van der Waals surface area contributed by atoms with Crippen LogP contribution < -0.4 is 11.1 Å². The Labute approximate surface area is 216 Å². The van der Waals surface area contributed by atoms with Gasteiger partial charge < -0.3 is 19.9 Å². The quantitative estimate of drug-likeness (QED) is 0.260. The number of anilines is 1. The Balaban J connectivity index is 1.53. The number of nitrogens with zero attached hydrogens (tertiary/aromatic N) is 3. The minimum absolute atomic E-state index is 0.0282. The number of pyridine rings is 1. The number of furan rings is 2. The number of rotatable bonds is 7. The maximum absolute atomic E-state index is 13.5. The molecule has 0 saturated carbocycles. The van der Waals surface area contributed by atoms with Crippen LogP contribution in [0.15, 0.2) is 45.4 Å². The Hall–Kier alpha value is -4.03. The summed E-state index contributed by atoms with van der Waals surface area (Å²) in [5, 5.41) is 7.78. The molecular formula is C24H18ClF2N5O4S. The molecule has 190 valence electrons. The normalized spacial score (nSPS) is 11.5. The van der Waals surface area contributed by atoms with Gasteiger partial charge >= 0.3 is 0 Å². The Morgan fingerprint density at radius 1 is 1.27 bits per heavy atom. The highest BCUT2D eigenvalue weighted by atomic mass is 35.5. The number of halogens is 3. The number of nitrogens with two attached hydrogens (primary N) is 1. The lowest BCUT2D eigenvalue weighted by Crippen LogP contribution is -2.16. The molecule has 0 atom stereocenters. The minimum atomic E-state index is -2.87. The molecule has 9 nitrogen and oxygen atoms in total. The summed E-state index contributed by atoms with van der Waals surface area (Å²) in [4.78, 5) is 29.4. The summed E-state index contributed by atoms with van der Waals surface area (Å²) < 4.78 is 39.9. The largest absolute Gasteiger partial charge is 0.464 e. The molecule has 0 bridgehead atoms. The number of hydrogen-bond donors (Lipinski definition) is 2. The molecule has 0 aliphatic rings. The average Bonchev–Trinajstić information content (AvgIpc) is 3.65. The molecule has 0 unspecified atom stereocenters. The van der Waals surface area contributed by atoms with Crippen molar-refractivity contribution in [1.82, 2.24) is 14.8 Å². The van der Waals surface area contributed by atoms with Crippen LogP contribution in [0, 0.1) is 13.8 Å². The number of aromatic nitrogens is 3. The predicted molar refractivity (Wildman–Crippen MR) is 133 cm³/mol. The van der Waals surface area contributed by atoms with Crippen molar-refractivity contribution >= 4 is 50.7 Å². The molecule has 13 heteroatoms. The van der Waals surface area contributed by atoms with Crippen molar-refractivity contribution in [2.45, 2.75) is 26.8 Å². The highest BCUT2D eigenvalue weighted by Crippen LogP contribution is 2.42. The summed E-state index contributed by atoms with van der Waals surface area (Å²) in [6.07, 6.45) is -1.49. The van der Waals surface area contributed by atoms with Crippen LogP contribution in [-0.4, -0.2) is 26.6 Å². The van der Waals surface area contributed by atoms with Crippen LogP contribution in [-0.2, 0) is 6.54 Å². The zero-order chi connectivity index (χ0) is 26.4. The van der Waals surface area contributed by atoms with E-state index in [1.54, 1.807) is 29.8 Å². The summed E-state index contributed by atoms with van der Waals surface area (Å²) in [6.45, 7) is 3.84. The van der Waals surface area contributed by atoms with Gasteiger partial charge in [-0.1, -0.05) is 11.6 Å². The SMILES string of the molecule is Cc1nn(Cc2ccc(C(=O)Nc3c(C(N)=O)sc4nc(C(F)F)cc(-c5ccco5)c34)o2)c(C)c1Cl. The number of aryl methyl sites for hydroxylation is 1. The van der Waals surface area contributed by atoms with E-state index in [9.17, 15) is 18.4 Å². The van der Waals surface area contributed by atoms with Gasteiger partial charge in [0.15, 0.2) is 5.76 Å². The van der Waals surface area contributed by atoms with Gasteiger partial charge in [-0.05, 0) is 44.2 Å². The fourth-order valence-corrected chi connectivity index (χ4v) is 5.03. The smallest absolute Gasteiger partial charge is 0.291 e. The van der Waals surface area contributed by atoms with Crippen LogP contribution >= 0.6 is 22.9 Å². The molecule has 5 aromatic rings. The lowest BCUT2D eigenvalue weighted by atomic mass is 10.1. The average molecular weight is 546 g/mol. The molecule has 0 fully saturated rings. The number of thiophene rings is 1. The first-order valence-electron chi connectivity index (χ1n) is 10.8. The molecule has 0 radical (unpaired) electrons. The first kappa shape index (κ1) is 24.7. The summed E-state index contributed by atoms with van der Waals surface area (Å²) in [5.41, 5.74) is 6.72. The van der Waals surface area contributed by atoms with Gasteiger partial charge in [-0.15, -0.1) is 11.3 Å². The van der Waals surface area contributed by atoms with E-state index >= 15 is 0 Å². The van der Waals surface area contributed by atoms with Crippen LogP contribution in [0.25, 0.3) is 21.5 Å². The number of nitrogens with one attached hydrogen (secondary N) is 1. The fraction of sp³-hybridized carbons (Fsp3) is 0.167. The third-order valence-corrected chi connectivity index (χ3v) is 7.28. The van der Waals surface area contributed by atoms with Crippen LogP contribution in [0.4, 0.5) is 14.5 Å². The second-order valence-corrected chi connectivity index (χ2v) is 9.46. The standard InChI is InChI=1S/C24H18ClF2N5O4S/c1-10-18(25)11(2)32(31-10)9-12-5-6-16(36-12)23(34)30-19-17-13(15-4-3-7-35-15)8-14(21(26)27)29-24(17)37-20(19)22(28)33/h3-8,21H,9H2,1-2H3,(H2,28,33)(H,30,34). The molecule has 5 rings (SSSR count). The van der Waals surface area contributed by atoms with Gasteiger partial charge in [0.2, 0.25) is 0 Å². The van der Waals surface area contributed by atoms with Gasteiger partial charge in [-0.25, -0.2) is 13.8 Å². The third-order valence-electron chi connectivity index (χ3n) is 5.64. The van der Waals surface area contributed by atoms with E-state index in [0.717, 1.165) is 23.1 Å². The Bertz CT molecular complexity index is 1660. The van der Waals surface area contributed by atoms with Crippen molar-refractivity contribution in [3.05, 3.63) is 75.1 Å². The maximum Gasteiger partial charge on any atom is 0.291 e. The van der Waals surface area contributed by atoms with Crippen molar-refractivity contribution in [3.8, 4) is 11.3 Å². The van der Waals surface area contributed by atoms with Gasteiger partial charge in [0.1, 0.15) is 26.9 Å². The zero-order valence-corrected chi connectivity index (χ0v) is 20.9. The van der Waals surface area contributed by atoms with Crippen LogP contribution in [0.2, 0.25) is 5.02 Å². The molecule has 0 aliphatic heterocycles. The lowest BCUT2D eigenvalue weighted by Gasteiger charge is -2.09. The molecule has 0 spiro atoms. The molecule has 5 heterocycles. The van der Waals surface area contributed by atoms with E-state index in [1.165, 1.54) is 12.3 Å². The second kappa shape index (κ2) is 9.45. The first-order valence-corrected chi connectivity index (χ1v) is 12.0. The van der Waals surface area contributed by atoms with E-state index < -0.39 is 23.9 Å². The first-order chi connectivity index (χ1) is 17.6. The summed E-state index contributed by atoms with van der Waals surface area (Å²) in [7, 11) is 0. The van der Waals surface area contributed by atoms with Crippen molar-refractivity contribution in [2.75, 3.05) is 5.32 Å². The molecule has 0 aromatic carbocycles. The van der Waals surface area contributed by atoms with Crippen molar-refractivity contribution in [2.24, 2.45) is 5.73 Å². The number of hydrogen-bond acceptors (Lipinski definition) is 7. The molecular weight excluding hydrogens is 528 g/mol. The van der Waals surface area contributed by atoms with Gasteiger partial charge in [0.25, 0.3) is 18.2 Å². The Morgan fingerprint density at radius 2 is 2.05 bits per heavy atom. The van der Waals surface area contributed by atoms with Gasteiger partial charge in [-0.2, -0.15) is 5.10 Å². The molecule has 0 aliphatic carbocycles. The van der Waals surface area contributed by atoms with E-state index in [4.69, 9.17) is 26.2 Å². The third kappa shape index (κ3) is 4.49. The molecule has 5 aromatic heterocycles. The van der Waals surface area contributed by atoms with Crippen molar-refractivity contribution in [3.63, 3.8) is 0 Å². The van der Waals surface area contributed by atoms with Gasteiger partial charge in [0.05, 0.1) is 34.9 Å². The highest BCUT2D eigenvalue weighted by Gasteiger charge is 2.26. The van der Waals surface area contributed by atoms with Gasteiger partial charge in [0, 0.05) is 10.9 Å². The molecule has 3 N–H and O–H groups in total.